The van der Waals surface area contributed by atoms with Crippen molar-refractivity contribution in [1.82, 2.24) is 29.5 Å². The number of ether oxygens (including phenoxy) is 2. The van der Waals surface area contributed by atoms with Crippen molar-refractivity contribution in [2.75, 3.05) is 46.1 Å². The van der Waals surface area contributed by atoms with E-state index in [9.17, 15) is 18.0 Å². The zero-order chi connectivity index (χ0) is 31.9. The average Bonchev–Trinajstić information content (AvgIpc) is 3.41. The molecule has 1 aliphatic heterocycles. The quantitative estimate of drug-likeness (QED) is 0.400. The SMILES string of the molecule is COc1cc(-c2nn(C3CCC(N4CCN(C)CC4)CC3)c3ncnc(N)c23)ccc1C1(C(N)=O)C=CC=C(OC(F)(F)F)C1. The van der Waals surface area contributed by atoms with Crippen LogP contribution in [0.2, 0.25) is 0 Å². The minimum Gasteiger partial charge on any atom is -0.496 e. The topological polar surface area (TPSA) is 138 Å². The Kier molecular flexibility index (Phi) is 8.20. The second-order valence-corrected chi connectivity index (χ2v) is 12.0. The number of halogens is 3. The van der Waals surface area contributed by atoms with Gasteiger partial charge in [-0.2, -0.15) is 5.10 Å². The van der Waals surface area contributed by atoms with E-state index in [0.717, 1.165) is 57.9 Å². The minimum absolute atomic E-state index is 0.129. The number of rotatable bonds is 7. The van der Waals surface area contributed by atoms with E-state index < -0.39 is 29.9 Å². The molecule has 11 nitrogen and oxygen atoms in total. The summed E-state index contributed by atoms with van der Waals surface area (Å²) in [4.78, 5) is 26.6. The number of amides is 1. The summed E-state index contributed by atoms with van der Waals surface area (Å²) < 4.78 is 50.9. The number of benzene rings is 1. The van der Waals surface area contributed by atoms with Crippen LogP contribution in [0.15, 0.2) is 48.5 Å². The average molecular weight is 627 g/mol. The lowest BCUT2D eigenvalue weighted by Gasteiger charge is -2.41. The van der Waals surface area contributed by atoms with Gasteiger partial charge in [0.05, 0.1) is 18.5 Å². The van der Waals surface area contributed by atoms with Gasteiger partial charge in [0, 0.05) is 49.8 Å². The fourth-order valence-corrected chi connectivity index (χ4v) is 6.93. The number of alkyl halides is 3. The number of anilines is 1. The smallest absolute Gasteiger partial charge is 0.496 e. The summed E-state index contributed by atoms with van der Waals surface area (Å²) in [6.45, 7) is 4.34. The van der Waals surface area contributed by atoms with E-state index in [2.05, 4.69) is 31.6 Å². The number of likely N-dealkylation sites (N-methyl/N-ethyl adjacent to an activating group) is 1. The Morgan fingerprint density at radius 2 is 1.78 bits per heavy atom. The number of nitrogens with zero attached hydrogens (tertiary/aromatic N) is 6. The van der Waals surface area contributed by atoms with Crippen LogP contribution in [0.1, 0.15) is 43.7 Å². The van der Waals surface area contributed by atoms with Crippen molar-refractivity contribution in [3.63, 3.8) is 0 Å². The molecule has 1 saturated heterocycles. The number of carbonyl (C=O) groups is 1. The molecule has 2 aliphatic carbocycles. The Morgan fingerprint density at radius 1 is 1.07 bits per heavy atom. The molecule has 3 aromatic rings. The van der Waals surface area contributed by atoms with Gasteiger partial charge < -0.3 is 25.8 Å². The second-order valence-electron chi connectivity index (χ2n) is 12.0. The number of nitrogens with two attached hydrogens (primary N) is 2. The van der Waals surface area contributed by atoms with Crippen molar-refractivity contribution in [2.24, 2.45) is 5.73 Å². The summed E-state index contributed by atoms with van der Waals surface area (Å²) in [5.74, 6) is -0.763. The maximum atomic E-state index is 13.0. The second kappa shape index (κ2) is 12.0. The van der Waals surface area contributed by atoms with Crippen molar-refractivity contribution in [1.29, 1.82) is 0 Å². The van der Waals surface area contributed by atoms with Crippen molar-refractivity contribution in [2.45, 2.75) is 56.0 Å². The lowest BCUT2D eigenvalue weighted by Crippen LogP contribution is -2.49. The molecule has 1 aromatic carbocycles. The van der Waals surface area contributed by atoms with Gasteiger partial charge in [-0.15, -0.1) is 13.2 Å². The molecule has 2 fully saturated rings. The molecule has 3 heterocycles. The highest BCUT2D eigenvalue weighted by Gasteiger charge is 2.44. The fraction of sp³-hybridized carbons (Fsp3) is 0.484. The maximum absolute atomic E-state index is 13.0. The molecule has 0 bridgehead atoms. The standard InChI is InChI=1S/C31H37F3N8O3/c1-40-12-14-41(15-13-40)20-6-8-21(9-7-20)42-28-25(27(35)37-18-38-28)26(39-42)19-5-10-23(24(16-19)44-2)30(29(36)43)11-3-4-22(17-30)45-31(32,33)34/h3-5,10-11,16,18,20-21H,6-9,12-15,17H2,1-2H3,(H2,36,43)(H2,35,37,38). The molecule has 1 unspecified atom stereocenters. The lowest BCUT2D eigenvalue weighted by atomic mass is 9.73. The molecule has 1 saturated carbocycles. The largest absolute Gasteiger partial charge is 0.572 e. The number of fused-ring (bicyclic) bond motifs is 1. The molecular weight excluding hydrogens is 589 g/mol. The number of piperazine rings is 1. The number of aromatic nitrogens is 4. The van der Waals surface area contributed by atoms with Crippen LogP contribution in [0.4, 0.5) is 19.0 Å². The summed E-state index contributed by atoms with van der Waals surface area (Å²) in [7, 11) is 3.58. The Labute approximate surface area is 258 Å². The number of hydrogen-bond donors (Lipinski definition) is 2. The molecule has 6 rings (SSSR count). The molecule has 0 radical (unpaired) electrons. The Hall–Kier alpha value is -4.17. The lowest BCUT2D eigenvalue weighted by molar-refractivity contribution is -0.307. The van der Waals surface area contributed by atoms with E-state index in [1.807, 2.05) is 4.68 Å². The minimum atomic E-state index is -4.92. The van der Waals surface area contributed by atoms with Crippen LogP contribution >= 0.6 is 0 Å². The predicted molar refractivity (Wildman–Crippen MR) is 162 cm³/mol. The van der Waals surface area contributed by atoms with Gasteiger partial charge in [-0.25, -0.2) is 14.6 Å². The van der Waals surface area contributed by atoms with Gasteiger partial charge in [0.1, 0.15) is 34.8 Å². The third-order valence-corrected chi connectivity index (χ3v) is 9.34. The Bertz CT molecular complexity index is 1640. The van der Waals surface area contributed by atoms with Gasteiger partial charge in [0.2, 0.25) is 5.91 Å². The maximum Gasteiger partial charge on any atom is 0.572 e. The van der Waals surface area contributed by atoms with Gasteiger partial charge in [-0.1, -0.05) is 24.3 Å². The van der Waals surface area contributed by atoms with E-state index in [4.69, 9.17) is 21.3 Å². The van der Waals surface area contributed by atoms with Crippen LogP contribution < -0.4 is 16.2 Å². The van der Waals surface area contributed by atoms with E-state index in [1.54, 1.807) is 18.2 Å². The van der Waals surface area contributed by atoms with Crippen molar-refractivity contribution >= 4 is 22.8 Å². The molecule has 14 heteroatoms. The molecular formula is C31H37F3N8O3. The van der Waals surface area contributed by atoms with E-state index in [0.29, 0.717) is 33.9 Å². The van der Waals surface area contributed by atoms with Crippen LogP contribution in [-0.2, 0) is 14.9 Å². The molecule has 2 aromatic heterocycles. The first kappa shape index (κ1) is 30.8. The predicted octanol–water partition coefficient (Wildman–Crippen LogP) is 3.92. The van der Waals surface area contributed by atoms with E-state index >= 15 is 0 Å². The van der Waals surface area contributed by atoms with Gasteiger partial charge in [-0.3, -0.25) is 9.69 Å². The molecule has 4 N–H and O–H groups in total. The normalized spacial score (nSPS) is 24.9. The van der Waals surface area contributed by atoms with Crippen LogP contribution in [0.5, 0.6) is 5.75 Å². The number of methoxy groups -OCH3 is 1. The number of primary amides is 1. The Morgan fingerprint density at radius 3 is 2.44 bits per heavy atom. The third-order valence-electron chi connectivity index (χ3n) is 9.34. The number of nitrogen functional groups attached to an aromatic ring is 1. The fourth-order valence-electron chi connectivity index (χ4n) is 6.93. The summed E-state index contributed by atoms with van der Waals surface area (Å²) in [5.41, 5.74) is 12.7. The zero-order valence-corrected chi connectivity index (χ0v) is 25.3. The third kappa shape index (κ3) is 5.96. The van der Waals surface area contributed by atoms with E-state index in [-0.39, 0.29) is 17.6 Å². The van der Waals surface area contributed by atoms with Crippen molar-refractivity contribution in [3.05, 3.63) is 54.1 Å². The summed E-state index contributed by atoms with van der Waals surface area (Å²) >= 11 is 0. The highest BCUT2D eigenvalue weighted by atomic mass is 19.4. The first-order chi connectivity index (χ1) is 21.5. The summed E-state index contributed by atoms with van der Waals surface area (Å²) in [6, 6.07) is 5.70. The first-order valence-electron chi connectivity index (χ1n) is 15.0. The molecule has 45 heavy (non-hydrogen) atoms. The summed E-state index contributed by atoms with van der Waals surface area (Å²) in [6.07, 6.45) is 4.05. The highest BCUT2D eigenvalue weighted by Crippen LogP contribution is 2.44. The molecule has 1 amide bonds. The van der Waals surface area contributed by atoms with Gasteiger partial charge in [0.25, 0.3) is 0 Å². The van der Waals surface area contributed by atoms with Crippen LogP contribution in [-0.4, -0.2) is 88.2 Å². The van der Waals surface area contributed by atoms with Gasteiger partial charge >= 0.3 is 6.36 Å². The number of carbonyl (C=O) groups excluding carboxylic acids is 1. The van der Waals surface area contributed by atoms with Gasteiger partial charge in [0.15, 0.2) is 5.65 Å². The molecule has 1 atom stereocenters. The molecule has 3 aliphatic rings. The monoisotopic (exact) mass is 626 g/mol. The summed E-state index contributed by atoms with van der Waals surface area (Å²) in [5, 5.41) is 5.61. The van der Waals surface area contributed by atoms with Crippen LogP contribution in [0.25, 0.3) is 22.3 Å². The van der Waals surface area contributed by atoms with E-state index in [1.165, 1.54) is 25.6 Å². The zero-order valence-electron chi connectivity index (χ0n) is 25.3. The molecule has 0 spiro atoms. The van der Waals surface area contributed by atoms with Gasteiger partial charge in [-0.05, 0) is 44.9 Å². The van der Waals surface area contributed by atoms with Crippen molar-refractivity contribution < 1.29 is 27.4 Å². The van der Waals surface area contributed by atoms with Crippen LogP contribution in [0.3, 0.4) is 0 Å². The Balaban J connectivity index is 1.32. The number of hydrogen-bond acceptors (Lipinski definition) is 9. The highest BCUT2D eigenvalue weighted by molar-refractivity contribution is 5.99. The van der Waals surface area contributed by atoms with Crippen molar-refractivity contribution in [3.8, 4) is 17.0 Å². The van der Waals surface area contributed by atoms with Crippen LogP contribution in [0, 0.1) is 0 Å². The first-order valence-corrected chi connectivity index (χ1v) is 15.0. The number of allylic oxidation sites excluding steroid dienone is 3. The molecule has 240 valence electrons.